The highest BCUT2D eigenvalue weighted by Gasteiger charge is 2.19. The molecule has 0 aliphatic rings. The number of hydrogen-bond acceptors (Lipinski definition) is 4. The Balaban J connectivity index is 2.04. The lowest BCUT2D eigenvalue weighted by atomic mass is 10.2. The minimum absolute atomic E-state index is 0.0423. The number of amides is 2. The van der Waals surface area contributed by atoms with Crippen molar-refractivity contribution in [1.29, 1.82) is 0 Å². The third kappa shape index (κ3) is 6.27. The molecule has 138 valence electrons. The molecule has 1 N–H and O–H groups in total. The molecular weight excluding hydrogens is 328 g/mol. The predicted molar refractivity (Wildman–Crippen MR) is 100 cm³/mol. The molecule has 0 unspecified atom stereocenters. The van der Waals surface area contributed by atoms with Gasteiger partial charge in [0.05, 0.1) is 11.9 Å². The maximum Gasteiger partial charge on any atom is 0.274 e. The van der Waals surface area contributed by atoms with Gasteiger partial charge in [-0.2, -0.15) is 0 Å². The normalized spacial score (nSPS) is 10.4. The van der Waals surface area contributed by atoms with Crippen LogP contribution in [0.3, 0.4) is 0 Å². The van der Waals surface area contributed by atoms with E-state index in [4.69, 9.17) is 0 Å². The van der Waals surface area contributed by atoms with Crippen LogP contribution in [0.25, 0.3) is 0 Å². The largest absolute Gasteiger partial charge is 0.356 e. The second kappa shape index (κ2) is 10.3. The highest BCUT2D eigenvalue weighted by molar-refractivity contribution is 5.92. The summed E-state index contributed by atoms with van der Waals surface area (Å²) in [7, 11) is 0. The molecule has 1 aromatic carbocycles. The molecule has 0 fully saturated rings. The van der Waals surface area contributed by atoms with Gasteiger partial charge in [0.1, 0.15) is 5.69 Å². The Morgan fingerprint density at radius 3 is 2.54 bits per heavy atom. The van der Waals surface area contributed by atoms with E-state index in [1.54, 1.807) is 11.1 Å². The zero-order chi connectivity index (χ0) is 18.8. The summed E-state index contributed by atoms with van der Waals surface area (Å²) in [5.41, 5.74) is 2.05. The molecule has 0 bridgehead atoms. The summed E-state index contributed by atoms with van der Waals surface area (Å²) in [5.74, 6) is -0.262. The van der Waals surface area contributed by atoms with Crippen LogP contribution in [0.4, 0.5) is 0 Å². The lowest BCUT2D eigenvalue weighted by Gasteiger charge is -2.22. The molecule has 0 radical (unpaired) electrons. The number of nitrogens with zero attached hydrogens (tertiary/aromatic N) is 3. The fraction of sp³-hybridized carbons (Fsp3) is 0.400. The number of benzene rings is 1. The molecule has 26 heavy (non-hydrogen) atoms. The van der Waals surface area contributed by atoms with Gasteiger partial charge in [-0.25, -0.2) is 4.98 Å². The number of nitrogens with one attached hydrogen (secondary N) is 1. The van der Waals surface area contributed by atoms with Crippen molar-refractivity contribution >= 4 is 11.8 Å². The van der Waals surface area contributed by atoms with E-state index in [1.807, 2.05) is 37.3 Å². The van der Waals surface area contributed by atoms with Crippen molar-refractivity contribution in [2.75, 3.05) is 13.1 Å². The maximum absolute atomic E-state index is 12.8. The third-order valence-corrected chi connectivity index (χ3v) is 3.96. The first-order valence-electron chi connectivity index (χ1n) is 8.98. The molecule has 1 aromatic heterocycles. The van der Waals surface area contributed by atoms with E-state index in [2.05, 4.69) is 22.2 Å². The Bertz CT molecular complexity index is 702. The summed E-state index contributed by atoms with van der Waals surface area (Å²) < 4.78 is 0. The molecule has 0 saturated carbocycles. The molecule has 0 aliphatic heterocycles. The van der Waals surface area contributed by atoms with Gasteiger partial charge in [0.2, 0.25) is 5.91 Å². The highest BCUT2D eigenvalue weighted by atomic mass is 16.2. The first-order chi connectivity index (χ1) is 12.6. The van der Waals surface area contributed by atoms with Crippen LogP contribution in [0.5, 0.6) is 0 Å². The Kier molecular flexibility index (Phi) is 7.74. The van der Waals surface area contributed by atoms with Crippen LogP contribution < -0.4 is 5.32 Å². The van der Waals surface area contributed by atoms with E-state index in [9.17, 15) is 9.59 Å². The van der Waals surface area contributed by atoms with Gasteiger partial charge in [0.25, 0.3) is 5.91 Å². The van der Waals surface area contributed by atoms with E-state index in [1.165, 1.54) is 6.20 Å². The molecule has 0 saturated heterocycles. The molecule has 6 heteroatoms. The van der Waals surface area contributed by atoms with Crippen LogP contribution in [0.2, 0.25) is 0 Å². The van der Waals surface area contributed by atoms with Crippen molar-refractivity contribution in [3.63, 3.8) is 0 Å². The van der Waals surface area contributed by atoms with Crippen LogP contribution in [-0.2, 0) is 11.3 Å². The number of rotatable bonds is 9. The third-order valence-electron chi connectivity index (χ3n) is 3.96. The fourth-order valence-electron chi connectivity index (χ4n) is 2.45. The zero-order valence-electron chi connectivity index (χ0n) is 15.4. The van der Waals surface area contributed by atoms with E-state index < -0.39 is 0 Å². The fourth-order valence-corrected chi connectivity index (χ4v) is 2.45. The number of carbonyl (C=O) groups is 2. The Labute approximate surface area is 154 Å². The van der Waals surface area contributed by atoms with Crippen molar-refractivity contribution in [2.24, 2.45) is 0 Å². The molecule has 6 nitrogen and oxygen atoms in total. The smallest absolute Gasteiger partial charge is 0.274 e. The van der Waals surface area contributed by atoms with Gasteiger partial charge in [-0.15, -0.1) is 0 Å². The van der Waals surface area contributed by atoms with E-state index in [-0.39, 0.29) is 23.9 Å². The summed E-state index contributed by atoms with van der Waals surface area (Å²) in [5, 5.41) is 2.88. The summed E-state index contributed by atoms with van der Waals surface area (Å²) in [6.45, 7) is 5.34. The van der Waals surface area contributed by atoms with Gasteiger partial charge in [-0.05, 0) is 18.9 Å². The van der Waals surface area contributed by atoms with Gasteiger partial charge >= 0.3 is 0 Å². The lowest BCUT2D eigenvalue weighted by molar-refractivity contribution is -0.121. The average Bonchev–Trinajstić information content (AvgIpc) is 2.66. The molecule has 0 aliphatic carbocycles. The Morgan fingerprint density at radius 1 is 1.12 bits per heavy atom. The number of unbranched alkanes of at least 4 members (excludes halogenated alkanes) is 1. The zero-order valence-corrected chi connectivity index (χ0v) is 15.4. The second-order valence-corrected chi connectivity index (χ2v) is 6.21. The minimum Gasteiger partial charge on any atom is -0.356 e. The molecule has 2 rings (SSSR count). The van der Waals surface area contributed by atoms with Crippen molar-refractivity contribution in [2.45, 2.75) is 39.7 Å². The number of carbonyl (C=O) groups excluding carboxylic acids is 2. The Morgan fingerprint density at radius 2 is 1.88 bits per heavy atom. The van der Waals surface area contributed by atoms with E-state index in [0.29, 0.717) is 19.6 Å². The van der Waals surface area contributed by atoms with Gasteiger partial charge < -0.3 is 10.2 Å². The first-order valence-corrected chi connectivity index (χ1v) is 8.98. The molecule has 2 amide bonds. The standard InChI is InChI=1S/C20H26N4O2/c1-3-4-11-21-19(25)10-12-24(15-17-8-6-5-7-9-17)20(26)18-14-22-16(2)13-23-18/h5-9,13-14H,3-4,10-12,15H2,1-2H3,(H,21,25). The highest BCUT2D eigenvalue weighted by Crippen LogP contribution is 2.09. The van der Waals surface area contributed by atoms with Crippen LogP contribution >= 0.6 is 0 Å². The van der Waals surface area contributed by atoms with Gasteiger partial charge in [0, 0.05) is 32.3 Å². The van der Waals surface area contributed by atoms with Gasteiger partial charge in [-0.1, -0.05) is 43.7 Å². The van der Waals surface area contributed by atoms with Gasteiger partial charge in [0.15, 0.2) is 0 Å². The Hall–Kier alpha value is -2.76. The van der Waals surface area contributed by atoms with Crippen molar-refractivity contribution in [3.05, 3.63) is 59.7 Å². The summed E-state index contributed by atoms with van der Waals surface area (Å²) in [6, 6.07) is 9.72. The summed E-state index contributed by atoms with van der Waals surface area (Å²) in [6.07, 6.45) is 5.31. The van der Waals surface area contributed by atoms with E-state index in [0.717, 1.165) is 24.1 Å². The molecule has 1 heterocycles. The lowest BCUT2D eigenvalue weighted by Crippen LogP contribution is -2.35. The number of hydrogen-bond donors (Lipinski definition) is 1. The maximum atomic E-state index is 12.8. The molecular formula is C20H26N4O2. The van der Waals surface area contributed by atoms with Gasteiger partial charge in [-0.3, -0.25) is 14.6 Å². The summed E-state index contributed by atoms with van der Waals surface area (Å²) in [4.78, 5) is 34.8. The minimum atomic E-state index is -0.220. The molecule has 2 aromatic rings. The molecule has 0 atom stereocenters. The predicted octanol–water partition coefficient (Wildman–Crippen LogP) is 2.73. The summed E-state index contributed by atoms with van der Waals surface area (Å²) >= 11 is 0. The van der Waals surface area contributed by atoms with Crippen LogP contribution in [0.1, 0.15) is 47.9 Å². The van der Waals surface area contributed by atoms with Crippen LogP contribution in [-0.4, -0.2) is 39.8 Å². The second-order valence-electron chi connectivity index (χ2n) is 6.21. The quantitative estimate of drug-likeness (QED) is 0.703. The van der Waals surface area contributed by atoms with E-state index >= 15 is 0 Å². The van der Waals surface area contributed by atoms with Crippen LogP contribution in [0, 0.1) is 6.92 Å². The number of aromatic nitrogens is 2. The monoisotopic (exact) mass is 354 g/mol. The van der Waals surface area contributed by atoms with Crippen molar-refractivity contribution in [3.8, 4) is 0 Å². The van der Waals surface area contributed by atoms with Crippen molar-refractivity contribution < 1.29 is 9.59 Å². The number of aryl methyl sites for hydroxylation is 1. The first kappa shape index (κ1) is 19.6. The van der Waals surface area contributed by atoms with Crippen molar-refractivity contribution in [1.82, 2.24) is 20.2 Å². The SMILES string of the molecule is CCCCNC(=O)CCN(Cc1ccccc1)C(=O)c1cnc(C)cn1. The topological polar surface area (TPSA) is 75.2 Å². The molecule has 0 spiro atoms. The average molecular weight is 354 g/mol. The van der Waals surface area contributed by atoms with Crippen LogP contribution in [0.15, 0.2) is 42.7 Å².